The number of pyridine rings is 1. The predicted octanol–water partition coefficient (Wildman–Crippen LogP) is 4.21. The van der Waals surface area contributed by atoms with Gasteiger partial charge in [0.05, 0.1) is 24.6 Å². The zero-order valence-corrected chi connectivity index (χ0v) is 15.4. The summed E-state index contributed by atoms with van der Waals surface area (Å²) in [5.41, 5.74) is 1.23. The Morgan fingerprint density at radius 2 is 2.15 bits per heavy atom. The highest BCUT2D eigenvalue weighted by molar-refractivity contribution is 8.01. The predicted molar refractivity (Wildman–Crippen MR) is 96.1 cm³/mol. The van der Waals surface area contributed by atoms with Gasteiger partial charge in [-0.15, -0.1) is 21.5 Å². The van der Waals surface area contributed by atoms with Crippen molar-refractivity contribution in [3.63, 3.8) is 0 Å². The molecule has 7 nitrogen and oxygen atoms in total. The van der Waals surface area contributed by atoms with E-state index in [0.717, 1.165) is 23.5 Å². The molecule has 1 aliphatic carbocycles. The quantitative estimate of drug-likeness (QED) is 0.539. The molecular formula is C16H12F2N6OS2. The molecule has 0 unspecified atom stereocenters. The molecule has 1 fully saturated rings. The van der Waals surface area contributed by atoms with Gasteiger partial charge in [-0.05, 0) is 36.9 Å². The third-order valence-corrected chi connectivity index (χ3v) is 5.96. The van der Waals surface area contributed by atoms with E-state index in [1.54, 1.807) is 30.4 Å². The van der Waals surface area contributed by atoms with Crippen LogP contribution in [-0.2, 0) is 6.54 Å². The number of hydrogen-bond acceptors (Lipinski definition) is 9. The number of anilines is 1. The molecule has 27 heavy (non-hydrogen) atoms. The summed E-state index contributed by atoms with van der Waals surface area (Å²) in [7, 11) is 0. The third kappa shape index (κ3) is 4.23. The second kappa shape index (κ2) is 7.58. The Hall–Kier alpha value is -2.58. The maximum Gasteiger partial charge on any atom is 0.314 e. The van der Waals surface area contributed by atoms with Crippen LogP contribution in [0.15, 0.2) is 28.9 Å². The van der Waals surface area contributed by atoms with Crippen LogP contribution in [0.4, 0.5) is 14.5 Å². The molecule has 0 radical (unpaired) electrons. The molecule has 0 aromatic carbocycles. The maximum absolute atomic E-state index is 12.6. The molecule has 11 heteroatoms. The second-order valence-electron chi connectivity index (χ2n) is 5.72. The summed E-state index contributed by atoms with van der Waals surface area (Å²) < 4.78 is 32.2. The van der Waals surface area contributed by atoms with Gasteiger partial charge in [-0.2, -0.15) is 14.0 Å². The molecule has 0 aliphatic heterocycles. The number of aromatic nitrogens is 4. The van der Waals surface area contributed by atoms with Crippen molar-refractivity contribution in [1.29, 1.82) is 5.26 Å². The van der Waals surface area contributed by atoms with Crippen molar-refractivity contribution in [2.45, 2.75) is 31.1 Å². The van der Waals surface area contributed by atoms with Crippen LogP contribution in [0.3, 0.4) is 0 Å². The van der Waals surface area contributed by atoms with Gasteiger partial charge in [-0.3, -0.25) is 0 Å². The van der Waals surface area contributed by atoms with Crippen molar-refractivity contribution >= 4 is 29.0 Å². The number of alkyl halides is 2. The Bertz CT molecular complexity index is 964. The van der Waals surface area contributed by atoms with E-state index >= 15 is 0 Å². The van der Waals surface area contributed by atoms with Crippen molar-refractivity contribution in [2.24, 2.45) is 0 Å². The second-order valence-corrected chi connectivity index (χ2v) is 8.15. The summed E-state index contributed by atoms with van der Waals surface area (Å²) >= 11 is 3.02. The lowest BCUT2D eigenvalue weighted by Gasteiger charge is -2.21. The smallest absolute Gasteiger partial charge is 0.314 e. The standard InChI is InChI=1S/C16H12F2N6OS2/c17-14(18)16-23-22-15(25-16)12-7-21-13(26-12)8-24(27-11-3-4-11)10-2-1-9(5-19)20-6-10/h1-2,6-7,11,14H,3-4,8H2. The van der Waals surface area contributed by atoms with Gasteiger partial charge in [0.25, 0.3) is 11.8 Å². The van der Waals surface area contributed by atoms with E-state index in [4.69, 9.17) is 9.68 Å². The highest BCUT2D eigenvalue weighted by atomic mass is 32.2. The van der Waals surface area contributed by atoms with Gasteiger partial charge < -0.3 is 8.72 Å². The minimum Gasteiger partial charge on any atom is -0.414 e. The molecule has 0 amide bonds. The largest absolute Gasteiger partial charge is 0.414 e. The Balaban J connectivity index is 1.52. The summed E-state index contributed by atoms with van der Waals surface area (Å²) in [4.78, 5) is 9.01. The van der Waals surface area contributed by atoms with Crippen LogP contribution in [-0.4, -0.2) is 25.4 Å². The van der Waals surface area contributed by atoms with Crippen molar-refractivity contribution in [2.75, 3.05) is 4.31 Å². The van der Waals surface area contributed by atoms with E-state index in [1.807, 2.05) is 12.1 Å². The van der Waals surface area contributed by atoms with Gasteiger partial charge in [-0.25, -0.2) is 9.97 Å². The Morgan fingerprint density at radius 3 is 2.78 bits per heavy atom. The van der Waals surface area contributed by atoms with Crippen LogP contribution >= 0.6 is 23.3 Å². The van der Waals surface area contributed by atoms with E-state index in [1.165, 1.54) is 11.3 Å². The van der Waals surface area contributed by atoms with Crippen LogP contribution in [0, 0.1) is 11.3 Å². The van der Waals surface area contributed by atoms with Crippen molar-refractivity contribution in [1.82, 2.24) is 20.2 Å². The number of halogens is 2. The Morgan fingerprint density at radius 1 is 1.30 bits per heavy atom. The van der Waals surface area contributed by atoms with Crippen LogP contribution in [0.2, 0.25) is 0 Å². The maximum atomic E-state index is 12.6. The first-order valence-electron chi connectivity index (χ1n) is 7.99. The zero-order valence-electron chi connectivity index (χ0n) is 13.7. The van der Waals surface area contributed by atoms with Gasteiger partial charge in [0.15, 0.2) is 0 Å². The molecule has 1 aliphatic rings. The molecule has 0 spiro atoms. The topological polar surface area (TPSA) is 91.7 Å². The van der Waals surface area contributed by atoms with Gasteiger partial charge >= 0.3 is 6.43 Å². The summed E-state index contributed by atoms with van der Waals surface area (Å²) in [5.74, 6) is -0.662. The summed E-state index contributed by atoms with van der Waals surface area (Å²) in [5, 5.41) is 17.2. The average molecular weight is 406 g/mol. The first-order valence-corrected chi connectivity index (χ1v) is 9.65. The number of hydrogen-bond donors (Lipinski definition) is 0. The molecule has 0 bridgehead atoms. The molecule has 0 atom stereocenters. The lowest BCUT2D eigenvalue weighted by molar-refractivity contribution is 0.116. The summed E-state index contributed by atoms with van der Waals surface area (Å²) in [6.45, 7) is 0.509. The zero-order chi connectivity index (χ0) is 18.8. The summed E-state index contributed by atoms with van der Waals surface area (Å²) in [6.07, 6.45) is 2.72. The monoisotopic (exact) mass is 406 g/mol. The molecule has 3 aromatic rings. The molecule has 3 aromatic heterocycles. The lowest BCUT2D eigenvalue weighted by Crippen LogP contribution is -2.15. The molecule has 0 N–H and O–H groups in total. The number of rotatable bonds is 7. The van der Waals surface area contributed by atoms with Gasteiger partial charge in [0, 0.05) is 5.25 Å². The Labute approximate surface area is 161 Å². The van der Waals surface area contributed by atoms with Gasteiger partial charge in [0.1, 0.15) is 21.6 Å². The molecule has 1 saturated carbocycles. The fourth-order valence-corrected chi connectivity index (χ4v) is 4.21. The van der Waals surface area contributed by atoms with Gasteiger partial charge in [0.2, 0.25) is 0 Å². The third-order valence-electron chi connectivity index (χ3n) is 3.62. The molecule has 4 rings (SSSR count). The van der Waals surface area contributed by atoms with Crippen LogP contribution in [0.1, 0.15) is 35.9 Å². The van der Waals surface area contributed by atoms with Gasteiger partial charge in [-0.1, -0.05) is 0 Å². The Kier molecular flexibility index (Phi) is 5.00. The fraction of sp³-hybridized carbons (Fsp3) is 0.312. The number of nitrogens with zero attached hydrogens (tertiary/aromatic N) is 6. The molecule has 3 heterocycles. The molecular weight excluding hydrogens is 394 g/mol. The normalized spacial score (nSPS) is 13.7. The lowest BCUT2D eigenvalue weighted by atomic mass is 10.3. The van der Waals surface area contributed by atoms with E-state index in [0.29, 0.717) is 22.4 Å². The van der Waals surface area contributed by atoms with E-state index in [-0.39, 0.29) is 5.89 Å². The van der Waals surface area contributed by atoms with E-state index < -0.39 is 12.3 Å². The minimum absolute atomic E-state index is 0.0375. The fourth-order valence-electron chi connectivity index (χ4n) is 2.17. The van der Waals surface area contributed by atoms with Crippen molar-refractivity contribution < 1.29 is 13.2 Å². The first kappa shape index (κ1) is 17.8. The molecule has 0 saturated heterocycles. The number of nitriles is 1. The van der Waals surface area contributed by atoms with Crippen LogP contribution in [0.5, 0.6) is 0 Å². The minimum atomic E-state index is -2.80. The van der Waals surface area contributed by atoms with Crippen LogP contribution in [0.25, 0.3) is 10.8 Å². The summed E-state index contributed by atoms with van der Waals surface area (Å²) in [6, 6.07) is 5.53. The highest BCUT2D eigenvalue weighted by Crippen LogP contribution is 2.40. The highest BCUT2D eigenvalue weighted by Gasteiger charge is 2.27. The average Bonchev–Trinajstić information content (AvgIpc) is 3.16. The van der Waals surface area contributed by atoms with Crippen molar-refractivity contribution in [3.8, 4) is 16.8 Å². The van der Waals surface area contributed by atoms with Crippen LogP contribution < -0.4 is 4.31 Å². The first-order chi connectivity index (χ1) is 13.1. The van der Waals surface area contributed by atoms with Crippen molar-refractivity contribution in [3.05, 3.63) is 41.1 Å². The van der Waals surface area contributed by atoms with E-state index in [2.05, 4.69) is 24.5 Å². The van der Waals surface area contributed by atoms with E-state index in [9.17, 15) is 8.78 Å². The SMILES string of the molecule is N#Cc1ccc(N(Cc2ncc(-c3nnc(C(F)F)o3)s2)SC2CC2)cn1. The molecule has 138 valence electrons. The number of thiazole rings is 1.